The summed E-state index contributed by atoms with van der Waals surface area (Å²) >= 11 is 12.3. The van der Waals surface area contributed by atoms with Crippen molar-refractivity contribution in [1.82, 2.24) is 9.97 Å². The lowest BCUT2D eigenvalue weighted by molar-refractivity contribution is 1.13. The number of rotatable bonds is 3. The van der Waals surface area contributed by atoms with E-state index in [9.17, 15) is 4.79 Å². The van der Waals surface area contributed by atoms with E-state index < -0.39 is 0 Å². The van der Waals surface area contributed by atoms with Gasteiger partial charge in [-0.05, 0) is 42.0 Å². The fourth-order valence-corrected chi connectivity index (χ4v) is 2.69. The molecule has 1 N–H and O–H groups in total. The molecule has 0 atom stereocenters. The molecule has 0 aliphatic carbocycles. The van der Waals surface area contributed by atoms with E-state index >= 15 is 0 Å². The van der Waals surface area contributed by atoms with Crippen LogP contribution in [0.1, 0.15) is 11.4 Å². The van der Waals surface area contributed by atoms with E-state index in [0.717, 1.165) is 11.3 Å². The van der Waals surface area contributed by atoms with E-state index in [1.807, 2.05) is 43.3 Å². The average Bonchev–Trinajstić information content (AvgIpc) is 2.54. The maximum absolute atomic E-state index is 12.2. The number of H-pyrrole nitrogens is 1. The highest BCUT2D eigenvalue weighted by Crippen LogP contribution is 2.22. The molecule has 0 fully saturated rings. The van der Waals surface area contributed by atoms with Gasteiger partial charge < -0.3 is 9.88 Å². The van der Waals surface area contributed by atoms with Gasteiger partial charge in [0, 0.05) is 24.8 Å². The molecule has 3 aromatic rings. The second kappa shape index (κ2) is 6.67. The number of aromatic nitrogens is 2. The van der Waals surface area contributed by atoms with Crippen LogP contribution >= 0.6 is 23.2 Å². The maximum Gasteiger partial charge on any atom is 0.259 e. The fourth-order valence-electron chi connectivity index (χ4n) is 2.31. The number of hydrogen-bond donors (Lipinski definition) is 1. The van der Waals surface area contributed by atoms with Crippen LogP contribution in [-0.4, -0.2) is 24.1 Å². The smallest absolute Gasteiger partial charge is 0.259 e. The third kappa shape index (κ3) is 3.45. The molecule has 0 unspecified atom stereocenters. The molecule has 1 heterocycles. The van der Waals surface area contributed by atoms with Crippen molar-refractivity contribution in [2.75, 3.05) is 19.0 Å². The van der Waals surface area contributed by atoms with Crippen LogP contribution in [0.2, 0.25) is 5.02 Å². The zero-order valence-corrected chi connectivity index (χ0v) is 14.7. The van der Waals surface area contributed by atoms with E-state index in [2.05, 4.69) is 9.97 Å². The SMILES string of the molecule is CN(C)c1ccc(/C=C(\Cl)c2nc3cc(Cl)ccc3c(=O)[nH]2)cc1. The number of nitrogens with one attached hydrogen (secondary N) is 1. The Morgan fingerprint density at radius 1 is 1.17 bits per heavy atom. The fraction of sp³-hybridized carbons (Fsp3) is 0.111. The lowest BCUT2D eigenvalue weighted by atomic mass is 10.2. The molecule has 0 bridgehead atoms. The second-order valence-electron chi connectivity index (χ2n) is 5.55. The van der Waals surface area contributed by atoms with Gasteiger partial charge in [-0.25, -0.2) is 4.98 Å². The van der Waals surface area contributed by atoms with Crippen molar-refractivity contribution in [3.8, 4) is 0 Å². The summed E-state index contributed by atoms with van der Waals surface area (Å²) < 4.78 is 0. The van der Waals surface area contributed by atoms with Crippen LogP contribution in [-0.2, 0) is 0 Å². The van der Waals surface area contributed by atoms with Gasteiger partial charge in [0.15, 0.2) is 5.82 Å². The summed E-state index contributed by atoms with van der Waals surface area (Å²) in [6.45, 7) is 0. The maximum atomic E-state index is 12.2. The molecule has 1 aromatic heterocycles. The van der Waals surface area contributed by atoms with Gasteiger partial charge >= 0.3 is 0 Å². The first-order valence-electron chi connectivity index (χ1n) is 7.28. The van der Waals surface area contributed by atoms with Gasteiger partial charge in [0.2, 0.25) is 0 Å². The number of nitrogens with zero attached hydrogens (tertiary/aromatic N) is 2. The molecule has 0 saturated carbocycles. The van der Waals surface area contributed by atoms with Gasteiger partial charge in [-0.3, -0.25) is 4.79 Å². The van der Waals surface area contributed by atoms with Gasteiger partial charge in [-0.1, -0.05) is 35.3 Å². The topological polar surface area (TPSA) is 49.0 Å². The standard InChI is InChI=1S/C18H15Cl2N3O/c1-23(2)13-6-3-11(4-7-13)9-15(20)17-21-16-10-12(19)5-8-14(16)18(24)22-17/h3-10H,1-2H3,(H,21,22,24)/b15-9-. The molecule has 4 nitrogen and oxygen atoms in total. The Morgan fingerprint density at radius 3 is 2.54 bits per heavy atom. The minimum Gasteiger partial charge on any atom is -0.378 e. The zero-order chi connectivity index (χ0) is 17.3. The Morgan fingerprint density at radius 2 is 1.88 bits per heavy atom. The molecule has 0 amide bonds. The third-order valence-electron chi connectivity index (χ3n) is 3.60. The Labute approximate surface area is 149 Å². The van der Waals surface area contributed by atoms with Gasteiger partial charge in [-0.2, -0.15) is 0 Å². The first kappa shape index (κ1) is 16.6. The summed E-state index contributed by atoms with van der Waals surface area (Å²) in [5, 5.41) is 1.35. The molecule has 6 heteroatoms. The Kier molecular flexibility index (Phi) is 4.60. The number of fused-ring (bicyclic) bond motifs is 1. The van der Waals surface area contributed by atoms with Crippen LogP contribution in [0.15, 0.2) is 47.3 Å². The van der Waals surface area contributed by atoms with Crippen molar-refractivity contribution in [3.63, 3.8) is 0 Å². The number of benzene rings is 2. The Balaban J connectivity index is 2.01. The van der Waals surface area contributed by atoms with Crippen LogP contribution in [0.4, 0.5) is 5.69 Å². The largest absolute Gasteiger partial charge is 0.378 e. The van der Waals surface area contributed by atoms with E-state index in [1.165, 1.54) is 0 Å². The molecule has 3 rings (SSSR count). The van der Waals surface area contributed by atoms with Crippen molar-refractivity contribution in [2.24, 2.45) is 0 Å². The second-order valence-corrected chi connectivity index (χ2v) is 6.40. The van der Waals surface area contributed by atoms with Gasteiger partial charge in [0.25, 0.3) is 5.56 Å². The van der Waals surface area contributed by atoms with Crippen LogP contribution in [0.3, 0.4) is 0 Å². The van der Waals surface area contributed by atoms with Crippen LogP contribution in [0.25, 0.3) is 22.0 Å². The number of aromatic amines is 1. The minimum atomic E-state index is -0.249. The van der Waals surface area contributed by atoms with E-state index in [-0.39, 0.29) is 5.56 Å². The average molecular weight is 360 g/mol. The van der Waals surface area contributed by atoms with Crippen molar-refractivity contribution in [3.05, 3.63) is 69.2 Å². The molecule has 0 aliphatic rings. The zero-order valence-electron chi connectivity index (χ0n) is 13.2. The highest BCUT2D eigenvalue weighted by Gasteiger charge is 2.07. The lowest BCUT2D eigenvalue weighted by Gasteiger charge is -2.11. The molecule has 122 valence electrons. The van der Waals surface area contributed by atoms with Crippen molar-refractivity contribution >= 4 is 50.9 Å². The Hall–Kier alpha value is -2.30. The predicted molar refractivity (Wildman–Crippen MR) is 102 cm³/mol. The van der Waals surface area contributed by atoms with E-state index in [4.69, 9.17) is 23.2 Å². The third-order valence-corrected chi connectivity index (χ3v) is 4.12. The highest BCUT2D eigenvalue weighted by atomic mass is 35.5. The van der Waals surface area contributed by atoms with Gasteiger partial charge in [-0.15, -0.1) is 0 Å². The molecule has 24 heavy (non-hydrogen) atoms. The summed E-state index contributed by atoms with van der Waals surface area (Å²) in [7, 11) is 3.96. The molecule has 0 radical (unpaired) electrons. The normalized spacial score (nSPS) is 11.8. The molecule has 0 aliphatic heterocycles. The highest BCUT2D eigenvalue weighted by molar-refractivity contribution is 6.50. The lowest BCUT2D eigenvalue weighted by Crippen LogP contribution is -2.10. The summed E-state index contributed by atoms with van der Waals surface area (Å²) in [5.41, 5.74) is 2.27. The van der Waals surface area contributed by atoms with Gasteiger partial charge in [0.1, 0.15) is 0 Å². The summed E-state index contributed by atoms with van der Waals surface area (Å²) in [5.74, 6) is 0.313. The van der Waals surface area contributed by atoms with Crippen LogP contribution in [0, 0.1) is 0 Å². The molecular formula is C18H15Cl2N3O. The summed E-state index contributed by atoms with van der Waals surface area (Å²) in [4.78, 5) is 21.3. The van der Waals surface area contributed by atoms with Crippen molar-refractivity contribution < 1.29 is 0 Å². The van der Waals surface area contributed by atoms with E-state index in [0.29, 0.717) is 26.8 Å². The van der Waals surface area contributed by atoms with Crippen LogP contribution < -0.4 is 10.5 Å². The Bertz CT molecular complexity index is 976. The molecule has 0 spiro atoms. The quantitative estimate of drug-likeness (QED) is 0.754. The molecule has 2 aromatic carbocycles. The van der Waals surface area contributed by atoms with Crippen molar-refractivity contribution in [2.45, 2.75) is 0 Å². The molecule has 0 saturated heterocycles. The van der Waals surface area contributed by atoms with Crippen molar-refractivity contribution in [1.29, 1.82) is 0 Å². The number of hydrogen-bond acceptors (Lipinski definition) is 3. The van der Waals surface area contributed by atoms with Crippen LogP contribution in [0.5, 0.6) is 0 Å². The monoisotopic (exact) mass is 359 g/mol. The number of halogens is 2. The van der Waals surface area contributed by atoms with Gasteiger partial charge in [0.05, 0.1) is 15.9 Å². The summed E-state index contributed by atoms with van der Waals surface area (Å²) in [6.07, 6.45) is 1.76. The first-order chi connectivity index (χ1) is 11.4. The first-order valence-corrected chi connectivity index (χ1v) is 8.04. The minimum absolute atomic E-state index is 0.249. The number of anilines is 1. The summed E-state index contributed by atoms with van der Waals surface area (Å²) in [6, 6.07) is 12.8. The van der Waals surface area contributed by atoms with E-state index in [1.54, 1.807) is 24.3 Å². The predicted octanol–water partition coefficient (Wildman–Crippen LogP) is 4.38. The molecular weight excluding hydrogens is 345 g/mol.